The predicted octanol–water partition coefficient (Wildman–Crippen LogP) is 0.996. The predicted molar refractivity (Wildman–Crippen MR) is 78.0 cm³/mol. The molecule has 0 aromatic heterocycles. The largest absolute Gasteiger partial charge is 0.493 e. The van der Waals surface area contributed by atoms with Crippen molar-refractivity contribution in [2.45, 2.75) is 24.9 Å². The van der Waals surface area contributed by atoms with Crippen molar-refractivity contribution in [3.63, 3.8) is 0 Å². The summed E-state index contributed by atoms with van der Waals surface area (Å²) in [5.41, 5.74) is 0.956. The number of benzene rings is 1. The third-order valence-corrected chi connectivity index (χ3v) is 5.60. The molecule has 0 unspecified atom stereocenters. The van der Waals surface area contributed by atoms with Gasteiger partial charge in [0.2, 0.25) is 0 Å². The third kappa shape index (κ3) is 3.29. The van der Waals surface area contributed by atoms with E-state index in [1.807, 2.05) is 24.3 Å². The highest BCUT2D eigenvalue weighted by Gasteiger charge is 2.30. The number of nitrogens with one attached hydrogen (secondary N) is 2. The minimum absolute atomic E-state index is 0.0325. The lowest BCUT2D eigenvalue weighted by Crippen LogP contribution is -2.44. The summed E-state index contributed by atoms with van der Waals surface area (Å²) in [4.78, 5) is 12.0. The molecule has 0 bridgehead atoms. The van der Waals surface area contributed by atoms with Gasteiger partial charge in [-0.15, -0.1) is 0 Å². The number of para-hydroxylation sites is 1. The van der Waals surface area contributed by atoms with E-state index in [0.29, 0.717) is 19.4 Å². The van der Waals surface area contributed by atoms with Gasteiger partial charge in [0.25, 0.3) is 0 Å². The topological polar surface area (TPSA) is 84.5 Å². The van der Waals surface area contributed by atoms with Crippen molar-refractivity contribution in [3.05, 3.63) is 29.8 Å². The Hall–Kier alpha value is -1.76. The zero-order valence-corrected chi connectivity index (χ0v) is 12.4. The van der Waals surface area contributed by atoms with Crippen molar-refractivity contribution in [1.82, 2.24) is 10.6 Å². The Balaban J connectivity index is 1.61. The number of ether oxygens (including phenoxy) is 1. The van der Waals surface area contributed by atoms with Crippen LogP contribution in [0.3, 0.4) is 0 Å². The van der Waals surface area contributed by atoms with Gasteiger partial charge in [-0.05, 0) is 12.5 Å². The van der Waals surface area contributed by atoms with Crippen molar-refractivity contribution in [1.29, 1.82) is 0 Å². The summed E-state index contributed by atoms with van der Waals surface area (Å²) in [5.74, 6) is 0.973. The Morgan fingerprint density at radius 2 is 2.00 bits per heavy atom. The third-order valence-electron chi connectivity index (χ3n) is 3.83. The highest BCUT2D eigenvalue weighted by molar-refractivity contribution is 7.91. The first-order chi connectivity index (χ1) is 10.0. The molecular weight excluding hydrogens is 292 g/mol. The van der Waals surface area contributed by atoms with Crippen molar-refractivity contribution in [3.8, 4) is 5.75 Å². The molecule has 1 saturated heterocycles. The van der Waals surface area contributed by atoms with E-state index in [1.54, 1.807) is 0 Å². The number of fused-ring (bicyclic) bond motifs is 1. The SMILES string of the molecule is O=C(N[C@@H]1CCS(=O)(=O)C1)N[C@@H]1CCOc2ccccc21. The van der Waals surface area contributed by atoms with E-state index >= 15 is 0 Å². The standard InChI is InChI=1S/C14H18N2O4S/c17-14(15-10-6-8-21(18,19)9-10)16-12-5-7-20-13-4-2-1-3-11(12)13/h1-4,10,12H,5-9H2,(H2,15,16,17)/t10-,12-/m1/s1. The first-order valence-electron chi connectivity index (χ1n) is 7.03. The van der Waals surface area contributed by atoms with Crippen molar-refractivity contribution in [2.75, 3.05) is 18.1 Å². The van der Waals surface area contributed by atoms with Gasteiger partial charge in [0, 0.05) is 18.0 Å². The average molecular weight is 310 g/mol. The van der Waals surface area contributed by atoms with Gasteiger partial charge in [-0.1, -0.05) is 18.2 Å². The van der Waals surface area contributed by atoms with Crippen LogP contribution in [-0.4, -0.2) is 38.6 Å². The molecule has 2 aliphatic heterocycles. The van der Waals surface area contributed by atoms with E-state index in [1.165, 1.54) is 0 Å². The monoisotopic (exact) mass is 310 g/mol. The Kier molecular flexibility index (Phi) is 3.75. The quantitative estimate of drug-likeness (QED) is 0.853. The van der Waals surface area contributed by atoms with Crippen LogP contribution < -0.4 is 15.4 Å². The number of hydrogen-bond donors (Lipinski definition) is 2. The van der Waals surface area contributed by atoms with Crippen molar-refractivity contribution < 1.29 is 17.9 Å². The van der Waals surface area contributed by atoms with E-state index in [-0.39, 0.29) is 29.6 Å². The average Bonchev–Trinajstić information content (AvgIpc) is 2.78. The molecule has 0 spiro atoms. The molecule has 2 heterocycles. The second kappa shape index (κ2) is 5.55. The summed E-state index contributed by atoms with van der Waals surface area (Å²) in [7, 11) is -2.99. The minimum atomic E-state index is -2.99. The molecule has 114 valence electrons. The molecule has 3 rings (SSSR count). The minimum Gasteiger partial charge on any atom is -0.493 e. The second-order valence-corrected chi connectivity index (χ2v) is 7.67. The Morgan fingerprint density at radius 1 is 1.19 bits per heavy atom. The highest BCUT2D eigenvalue weighted by Crippen LogP contribution is 2.31. The lowest BCUT2D eigenvalue weighted by atomic mass is 10.0. The molecule has 0 radical (unpaired) electrons. The molecule has 2 atom stereocenters. The fraction of sp³-hybridized carbons (Fsp3) is 0.500. The number of amides is 2. The maximum atomic E-state index is 12.0. The van der Waals surface area contributed by atoms with E-state index < -0.39 is 9.84 Å². The first kappa shape index (κ1) is 14.2. The molecule has 2 aliphatic rings. The van der Waals surface area contributed by atoms with Crippen LogP contribution in [-0.2, 0) is 9.84 Å². The van der Waals surface area contributed by atoms with Gasteiger partial charge in [0.05, 0.1) is 24.2 Å². The summed E-state index contributed by atoms with van der Waals surface area (Å²) in [6.07, 6.45) is 1.19. The van der Waals surface area contributed by atoms with Crippen LogP contribution in [0.25, 0.3) is 0 Å². The number of carbonyl (C=O) groups is 1. The maximum absolute atomic E-state index is 12.0. The van der Waals surface area contributed by atoms with E-state index in [0.717, 1.165) is 11.3 Å². The lowest BCUT2D eigenvalue weighted by Gasteiger charge is -2.27. The van der Waals surface area contributed by atoms with Crippen LogP contribution in [0, 0.1) is 0 Å². The normalized spacial score (nSPS) is 26.5. The summed E-state index contributed by atoms with van der Waals surface area (Å²) in [5, 5.41) is 5.65. The number of carbonyl (C=O) groups excluding carboxylic acids is 1. The van der Waals surface area contributed by atoms with Crippen molar-refractivity contribution in [2.24, 2.45) is 0 Å². The molecular formula is C14H18N2O4S. The van der Waals surface area contributed by atoms with E-state index in [9.17, 15) is 13.2 Å². The molecule has 2 N–H and O–H groups in total. The molecule has 2 amide bonds. The van der Waals surface area contributed by atoms with Crippen LogP contribution >= 0.6 is 0 Å². The summed E-state index contributed by atoms with van der Waals surface area (Å²) < 4.78 is 28.3. The van der Waals surface area contributed by atoms with Gasteiger partial charge < -0.3 is 15.4 Å². The van der Waals surface area contributed by atoms with Crippen LogP contribution in [0.15, 0.2) is 24.3 Å². The van der Waals surface area contributed by atoms with Crippen LogP contribution in [0.5, 0.6) is 5.75 Å². The maximum Gasteiger partial charge on any atom is 0.315 e. The molecule has 1 aromatic carbocycles. The van der Waals surface area contributed by atoms with Gasteiger partial charge >= 0.3 is 6.03 Å². The fourth-order valence-corrected chi connectivity index (χ4v) is 4.46. The number of hydrogen-bond acceptors (Lipinski definition) is 4. The van der Waals surface area contributed by atoms with Crippen molar-refractivity contribution >= 4 is 15.9 Å². The van der Waals surface area contributed by atoms with E-state index in [4.69, 9.17) is 4.74 Å². The van der Waals surface area contributed by atoms with E-state index in [2.05, 4.69) is 10.6 Å². The van der Waals surface area contributed by atoms with Crippen LogP contribution in [0.1, 0.15) is 24.4 Å². The lowest BCUT2D eigenvalue weighted by molar-refractivity contribution is 0.221. The number of rotatable bonds is 2. The summed E-state index contributed by atoms with van der Waals surface area (Å²) in [6, 6.07) is 6.90. The fourth-order valence-electron chi connectivity index (χ4n) is 2.79. The zero-order valence-electron chi connectivity index (χ0n) is 11.5. The molecule has 6 nitrogen and oxygen atoms in total. The molecule has 0 aliphatic carbocycles. The summed E-state index contributed by atoms with van der Waals surface area (Å²) >= 11 is 0. The Morgan fingerprint density at radius 3 is 2.76 bits per heavy atom. The Labute approximate surface area is 123 Å². The van der Waals surface area contributed by atoms with Crippen LogP contribution in [0.2, 0.25) is 0 Å². The summed E-state index contributed by atoms with van der Waals surface area (Å²) in [6.45, 7) is 0.555. The molecule has 1 fully saturated rings. The van der Waals surface area contributed by atoms with Gasteiger partial charge in [0.1, 0.15) is 5.75 Å². The molecule has 1 aromatic rings. The second-order valence-electron chi connectivity index (χ2n) is 5.45. The van der Waals surface area contributed by atoms with Gasteiger partial charge in [-0.2, -0.15) is 0 Å². The van der Waals surface area contributed by atoms with Gasteiger partial charge in [-0.3, -0.25) is 0 Å². The molecule has 21 heavy (non-hydrogen) atoms. The molecule has 0 saturated carbocycles. The first-order valence-corrected chi connectivity index (χ1v) is 8.85. The highest BCUT2D eigenvalue weighted by atomic mass is 32.2. The number of sulfone groups is 1. The smallest absolute Gasteiger partial charge is 0.315 e. The Bertz CT molecular complexity index is 644. The van der Waals surface area contributed by atoms with Gasteiger partial charge in [0.15, 0.2) is 9.84 Å². The zero-order chi connectivity index (χ0) is 14.9. The van der Waals surface area contributed by atoms with Gasteiger partial charge in [-0.25, -0.2) is 13.2 Å². The van der Waals surface area contributed by atoms with Crippen LogP contribution in [0.4, 0.5) is 4.79 Å². The number of urea groups is 1. The molecule has 7 heteroatoms.